The van der Waals surface area contributed by atoms with Gasteiger partial charge in [0.05, 0.1) is 5.69 Å². The summed E-state index contributed by atoms with van der Waals surface area (Å²) in [5.41, 5.74) is 3.23. The van der Waals surface area contributed by atoms with Gasteiger partial charge in [0.2, 0.25) is 5.91 Å². The van der Waals surface area contributed by atoms with Gasteiger partial charge in [-0.2, -0.15) is 5.10 Å². The van der Waals surface area contributed by atoms with Crippen molar-refractivity contribution in [2.24, 2.45) is 0 Å². The van der Waals surface area contributed by atoms with E-state index >= 15 is 0 Å². The molecule has 122 valence electrons. The van der Waals surface area contributed by atoms with E-state index in [9.17, 15) is 4.79 Å². The van der Waals surface area contributed by atoms with Crippen LogP contribution in [-0.4, -0.2) is 39.1 Å². The maximum atomic E-state index is 12.4. The number of likely N-dealkylation sites (tertiary alicyclic amines) is 1. The van der Waals surface area contributed by atoms with Crippen molar-refractivity contribution < 1.29 is 4.79 Å². The molecule has 1 aliphatic rings. The van der Waals surface area contributed by atoms with Gasteiger partial charge in [0, 0.05) is 43.0 Å². The Balaban J connectivity index is 1.49. The summed E-state index contributed by atoms with van der Waals surface area (Å²) < 4.78 is 0. The predicted molar refractivity (Wildman–Crippen MR) is 89.1 cm³/mol. The summed E-state index contributed by atoms with van der Waals surface area (Å²) >= 11 is 0. The number of aryl methyl sites for hydroxylation is 2. The second kappa shape index (κ2) is 7.40. The topological polar surface area (TPSA) is 61.9 Å². The second-order valence-electron chi connectivity index (χ2n) is 6.33. The molecule has 0 unspecified atom stereocenters. The summed E-state index contributed by atoms with van der Waals surface area (Å²) in [5, 5.41) is 7.37. The zero-order valence-corrected chi connectivity index (χ0v) is 13.7. The van der Waals surface area contributed by atoms with Gasteiger partial charge in [0.25, 0.3) is 0 Å². The van der Waals surface area contributed by atoms with Gasteiger partial charge in [0.15, 0.2) is 0 Å². The van der Waals surface area contributed by atoms with Crippen LogP contribution in [0.4, 0.5) is 0 Å². The fourth-order valence-electron chi connectivity index (χ4n) is 3.22. The minimum atomic E-state index is 0.262. The van der Waals surface area contributed by atoms with Gasteiger partial charge in [0.1, 0.15) is 0 Å². The number of hydrogen-bond acceptors (Lipinski definition) is 3. The summed E-state index contributed by atoms with van der Waals surface area (Å²) in [6, 6.07) is 8.02. The molecule has 1 saturated heterocycles. The molecule has 1 N–H and O–H groups in total. The molecule has 2 aromatic heterocycles. The molecule has 0 aromatic carbocycles. The standard InChI is InChI=1S/C18H24N4O/c1-14-12-17(21-20-14)15-6-5-11-22(13-15)18(23)9-4-8-16-7-2-3-10-19-16/h2-3,7,10,12,15H,4-6,8-9,11,13H2,1H3,(H,20,21)/t15-/m0/s1. The monoisotopic (exact) mass is 312 g/mol. The van der Waals surface area contributed by atoms with E-state index in [2.05, 4.69) is 21.2 Å². The summed E-state index contributed by atoms with van der Waals surface area (Å²) in [4.78, 5) is 18.8. The molecule has 3 heterocycles. The Bertz CT molecular complexity index is 637. The lowest BCUT2D eigenvalue weighted by molar-refractivity contribution is -0.132. The van der Waals surface area contributed by atoms with Crippen molar-refractivity contribution in [1.29, 1.82) is 0 Å². The van der Waals surface area contributed by atoms with E-state index in [1.807, 2.05) is 30.0 Å². The van der Waals surface area contributed by atoms with Gasteiger partial charge in [-0.05, 0) is 50.8 Å². The highest BCUT2D eigenvalue weighted by molar-refractivity contribution is 5.76. The van der Waals surface area contributed by atoms with Gasteiger partial charge >= 0.3 is 0 Å². The van der Waals surface area contributed by atoms with Gasteiger partial charge in [-0.3, -0.25) is 14.9 Å². The normalized spacial score (nSPS) is 18.1. The molecule has 2 aromatic rings. The molecule has 23 heavy (non-hydrogen) atoms. The van der Waals surface area contributed by atoms with Crippen LogP contribution in [0.1, 0.15) is 48.7 Å². The lowest BCUT2D eigenvalue weighted by Gasteiger charge is -2.32. The van der Waals surface area contributed by atoms with Crippen molar-refractivity contribution in [2.75, 3.05) is 13.1 Å². The van der Waals surface area contributed by atoms with Crippen molar-refractivity contribution in [2.45, 2.75) is 44.9 Å². The maximum Gasteiger partial charge on any atom is 0.222 e. The number of nitrogens with zero attached hydrogens (tertiary/aromatic N) is 3. The summed E-state index contributed by atoms with van der Waals surface area (Å²) in [6.07, 6.45) is 6.30. The third-order valence-electron chi connectivity index (χ3n) is 4.47. The van der Waals surface area contributed by atoms with Gasteiger partial charge < -0.3 is 4.90 Å². The molecule has 0 aliphatic carbocycles. The van der Waals surface area contributed by atoms with Crippen LogP contribution < -0.4 is 0 Å². The fraction of sp³-hybridized carbons (Fsp3) is 0.500. The molecule has 1 aliphatic heterocycles. The molecule has 0 radical (unpaired) electrons. The van der Waals surface area contributed by atoms with E-state index in [0.29, 0.717) is 12.3 Å². The number of nitrogens with one attached hydrogen (secondary N) is 1. The van der Waals surface area contributed by atoms with Gasteiger partial charge in [-0.25, -0.2) is 0 Å². The third-order valence-corrected chi connectivity index (χ3v) is 4.47. The number of pyridine rings is 1. The quantitative estimate of drug-likeness (QED) is 0.923. The largest absolute Gasteiger partial charge is 0.342 e. The number of carbonyl (C=O) groups is 1. The summed E-state index contributed by atoms with van der Waals surface area (Å²) in [5.74, 6) is 0.631. The van der Waals surface area contributed by atoms with Crippen molar-refractivity contribution >= 4 is 5.91 Å². The Hall–Kier alpha value is -2.17. The van der Waals surface area contributed by atoms with E-state index < -0.39 is 0 Å². The number of carbonyl (C=O) groups excluding carboxylic acids is 1. The first-order valence-electron chi connectivity index (χ1n) is 8.42. The molecule has 1 fully saturated rings. The number of amides is 1. The number of rotatable bonds is 5. The Morgan fingerprint density at radius 1 is 1.43 bits per heavy atom. The van der Waals surface area contributed by atoms with Crippen LogP contribution in [0, 0.1) is 6.92 Å². The molecular weight excluding hydrogens is 288 g/mol. The highest BCUT2D eigenvalue weighted by Gasteiger charge is 2.25. The number of H-pyrrole nitrogens is 1. The van der Waals surface area contributed by atoms with Gasteiger partial charge in [-0.1, -0.05) is 6.07 Å². The average molecular weight is 312 g/mol. The van der Waals surface area contributed by atoms with Crippen LogP contribution in [-0.2, 0) is 11.2 Å². The number of aromatic amines is 1. The van der Waals surface area contributed by atoms with Crippen molar-refractivity contribution in [3.05, 3.63) is 47.5 Å². The van der Waals surface area contributed by atoms with Crippen LogP contribution in [0.5, 0.6) is 0 Å². The van der Waals surface area contributed by atoms with Crippen LogP contribution in [0.15, 0.2) is 30.5 Å². The molecule has 5 nitrogen and oxygen atoms in total. The molecule has 0 saturated carbocycles. The first-order valence-corrected chi connectivity index (χ1v) is 8.42. The van der Waals surface area contributed by atoms with E-state index in [0.717, 1.165) is 55.9 Å². The number of aromatic nitrogens is 3. The van der Waals surface area contributed by atoms with E-state index in [4.69, 9.17) is 0 Å². The first kappa shape index (κ1) is 15.7. The highest BCUT2D eigenvalue weighted by Crippen LogP contribution is 2.26. The molecule has 1 atom stereocenters. The van der Waals surface area contributed by atoms with Crippen LogP contribution >= 0.6 is 0 Å². The zero-order chi connectivity index (χ0) is 16.1. The predicted octanol–water partition coefficient (Wildman–Crippen LogP) is 2.84. The molecule has 0 spiro atoms. The van der Waals surface area contributed by atoms with Crippen LogP contribution in [0.3, 0.4) is 0 Å². The van der Waals surface area contributed by atoms with Crippen LogP contribution in [0.2, 0.25) is 0 Å². The first-order chi connectivity index (χ1) is 11.2. The molecule has 1 amide bonds. The van der Waals surface area contributed by atoms with E-state index in [-0.39, 0.29) is 5.91 Å². The Morgan fingerprint density at radius 3 is 3.09 bits per heavy atom. The molecule has 3 rings (SSSR count). The third kappa shape index (κ3) is 4.18. The van der Waals surface area contributed by atoms with E-state index in [1.165, 1.54) is 0 Å². The molecule has 0 bridgehead atoms. The smallest absolute Gasteiger partial charge is 0.222 e. The van der Waals surface area contributed by atoms with Crippen molar-refractivity contribution in [3.8, 4) is 0 Å². The number of piperidine rings is 1. The Labute approximate surface area is 137 Å². The summed E-state index contributed by atoms with van der Waals surface area (Å²) in [6.45, 7) is 3.69. The SMILES string of the molecule is Cc1cc([C@H]2CCCN(C(=O)CCCc3ccccn3)C2)n[nH]1. The zero-order valence-electron chi connectivity index (χ0n) is 13.7. The van der Waals surface area contributed by atoms with Crippen molar-refractivity contribution in [3.63, 3.8) is 0 Å². The number of hydrogen-bond donors (Lipinski definition) is 1. The minimum Gasteiger partial charge on any atom is -0.342 e. The lowest BCUT2D eigenvalue weighted by atomic mass is 9.94. The Kier molecular flexibility index (Phi) is 5.05. The van der Waals surface area contributed by atoms with E-state index in [1.54, 1.807) is 6.20 Å². The highest BCUT2D eigenvalue weighted by atomic mass is 16.2. The van der Waals surface area contributed by atoms with Crippen LogP contribution in [0.25, 0.3) is 0 Å². The second-order valence-corrected chi connectivity index (χ2v) is 6.33. The average Bonchev–Trinajstić information content (AvgIpc) is 3.02. The Morgan fingerprint density at radius 2 is 2.35 bits per heavy atom. The fourth-order valence-corrected chi connectivity index (χ4v) is 3.22. The molecular formula is C18H24N4O. The minimum absolute atomic E-state index is 0.262. The summed E-state index contributed by atoms with van der Waals surface area (Å²) in [7, 11) is 0. The lowest BCUT2D eigenvalue weighted by Crippen LogP contribution is -2.39. The van der Waals surface area contributed by atoms with Gasteiger partial charge in [-0.15, -0.1) is 0 Å². The maximum absolute atomic E-state index is 12.4. The van der Waals surface area contributed by atoms with Crippen molar-refractivity contribution in [1.82, 2.24) is 20.1 Å². The molecule has 5 heteroatoms.